The molecule has 1 fully saturated rings. The molecule has 1 atom stereocenters. The van der Waals surface area contributed by atoms with Crippen LogP contribution in [0.3, 0.4) is 0 Å². The molecule has 1 N–H and O–H groups in total. The van der Waals surface area contributed by atoms with Crippen molar-refractivity contribution in [2.24, 2.45) is 5.92 Å². The van der Waals surface area contributed by atoms with E-state index in [1.165, 1.54) is 37.8 Å². The molecule has 0 aliphatic heterocycles. The van der Waals surface area contributed by atoms with Crippen LogP contribution in [0.4, 0.5) is 5.69 Å². The largest absolute Gasteiger partial charge is 0.382 e. The van der Waals surface area contributed by atoms with Crippen LogP contribution in [0.5, 0.6) is 0 Å². The summed E-state index contributed by atoms with van der Waals surface area (Å²) in [7, 11) is 0. The standard InChI is InChI=1S/C16H25NO/c1-14(12-17-16-10-6-3-7-11-16)18-13-15-8-4-2-5-9-15/h3,6-7,10-11,14-15,17H,2,4-5,8-9,12-13H2,1H3. The Bertz CT molecular complexity index is 319. The van der Waals surface area contributed by atoms with Gasteiger partial charge in [-0.05, 0) is 37.8 Å². The molecule has 1 aliphatic carbocycles. The fourth-order valence-corrected chi connectivity index (χ4v) is 2.53. The molecule has 1 aromatic rings. The van der Waals surface area contributed by atoms with E-state index >= 15 is 0 Å². The van der Waals surface area contributed by atoms with Crippen LogP contribution in [-0.4, -0.2) is 19.3 Å². The second-order valence-electron chi connectivity index (χ2n) is 5.39. The van der Waals surface area contributed by atoms with Crippen LogP contribution in [0.15, 0.2) is 30.3 Å². The van der Waals surface area contributed by atoms with Crippen molar-refractivity contribution in [3.63, 3.8) is 0 Å². The summed E-state index contributed by atoms with van der Waals surface area (Å²) in [6.07, 6.45) is 7.21. The van der Waals surface area contributed by atoms with Gasteiger partial charge >= 0.3 is 0 Å². The van der Waals surface area contributed by atoms with Gasteiger partial charge in [0.2, 0.25) is 0 Å². The van der Waals surface area contributed by atoms with E-state index in [1.54, 1.807) is 0 Å². The zero-order valence-corrected chi connectivity index (χ0v) is 11.4. The molecule has 0 spiro atoms. The maximum absolute atomic E-state index is 5.94. The highest BCUT2D eigenvalue weighted by Gasteiger charge is 2.14. The summed E-state index contributed by atoms with van der Waals surface area (Å²) < 4.78 is 5.94. The summed E-state index contributed by atoms with van der Waals surface area (Å²) in [6, 6.07) is 10.3. The van der Waals surface area contributed by atoms with Gasteiger partial charge in [0.05, 0.1) is 6.10 Å². The Balaban J connectivity index is 1.61. The number of benzene rings is 1. The van der Waals surface area contributed by atoms with Gasteiger partial charge in [-0.15, -0.1) is 0 Å². The molecule has 0 heterocycles. The summed E-state index contributed by atoms with van der Waals surface area (Å²) in [6.45, 7) is 3.98. The monoisotopic (exact) mass is 247 g/mol. The third-order valence-electron chi connectivity index (χ3n) is 3.71. The Kier molecular flexibility index (Phi) is 5.53. The Morgan fingerprint density at radius 3 is 2.61 bits per heavy atom. The zero-order valence-electron chi connectivity index (χ0n) is 11.4. The predicted molar refractivity (Wildman–Crippen MR) is 76.9 cm³/mol. The Labute approximate surface area is 111 Å². The second-order valence-corrected chi connectivity index (χ2v) is 5.39. The van der Waals surface area contributed by atoms with Crippen LogP contribution in [0.1, 0.15) is 39.0 Å². The molecule has 0 aromatic heterocycles. The number of anilines is 1. The lowest BCUT2D eigenvalue weighted by atomic mass is 9.90. The molecule has 1 aromatic carbocycles. The van der Waals surface area contributed by atoms with Crippen LogP contribution < -0.4 is 5.32 Å². The van der Waals surface area contributed by atoms with E-state index in [4.69, 9.17) is 4.74 Å². The van der Waals surface area contributed by atoms with Gasteiger partial charge in [0.25, 0.3) is 0 Å². The number of hydrogen-bond acceptors (Lipinski definition) is 2. The molecule has 0 amide bonds. The summed E-state index contributed by atoms with van der Waals surface area (Å²) in [5, 5.41) is 3.41. The van der Waals surface area contributed by atoms with Crippen molar-refractivity contribution in [2.45, 2.75) is 45.1 Å². The molecule has 18 heavy (non-hydrogen) atoms. The van der Waals surface area contributed by atoms with E-state index in [0.29, 0.717) is 0 Å². The van der Waals surface area contributed by atoms with Crippen LogP contribution in [-0.2, 0) is 4.74 Å². The van der Waals surface area contributed by atoms with Crippen LogP contribution in [0.2, 0.25) is 0 Å². The van der Waals surface area contributed by atoms with Crippen LogP contribution in [0, 0.1) is 5.92 Å². The van der Waals surface area contributed by atoms with E-state index in [2.05, 4.69) is 36.5 Å². The van der Waals surface area contributed by atoms with Gasteiger partial charge in [0, 0.05) is 18.8 Å². The van der Waals surface area contributed by atoms with Gasteiger partial charge in [-0.3, -0.25) is 0 Å². The highest BCUT2D eigenvalue weighted by Crippen LogP contribution is 2.24. The predicted octanol–water partition coefficient (Wildman–Crippen LogP) is 4.08. The van der Waals surface area contributed by atoms with Crippen molar-refractivity contribution >= 4 is 5.69 Å². The highest BCUT2D eigenvalue weighted by molar-refractivity contribution is 5.42. The average molecular weight is 247 g/mol. The van der Waals surface area contributed by atoms with Crippen molar-refractivity contribution < 1.29 is 4.74 Å². The van der Waals surface area contributed by atoms with Gasteiger partial charge in [-0.2, -0.15) is 0 Å². The van der Waals surface area contributed by atoms with E-state index in [9.17, 15) is 0 Å². The minimum Gasteiger partial charge on any atom is -0.382 e. The topological polar surface area (TPSA) is 21.3 Å². The fourth-order valence-electron chi connectivity index (χ4n) is 2.53. The molecule has 1 saturated carbocycles. The fraction of sp³-hybridized carbons (Fsp3) is 0.625. The lowest BCUT2D eigenvalue weighted by Crippen LogP contribution is -2.24. The van der Waals surface area contributed by atoms with E-state index in [0.717, 1.165) is 19.1 Å². The maximum atomic E-state index is 5.94. The van der Waals surface area contributed by atoms with E-state index in [1.807, 2.05) is 6.07 Å². The summed E-state index contributed by atoms with van der Waals surface area (Å²) in [5.41, 5.74) is 1.17. The molecule has 1 aliphatic rings. The van der Waals surface area contributed by atoms with E-state index in [-0.39, 0.29) is 6.10 Å². The minimum absolute atomic E-state index is 0.284. The minimum atomic E-state index is 0.284. The molecule has 2 nitrogen and oxygen atoms in total. The van der Waals surface area contributed by atoms with Gasteiger partial charge in [-0.25, -0.2) is 0 Å². The van der Waals surface area contributed by atoms with Crippen molar-refractivity contribution in [1.82, 2.24) is 0 Å². The third-order valence-corrected chi connectivity index (χ3v) is 3.71. The average Bonchev–Trinajstić information content (AvgIpc) is 2.45. The lowest BCUT2D eigenvalue weighted by molar-refractivity contribution is 0.0382. The molecule has 0 radical (unpaired) electrons. The smallest absolute Gasteiger partial charge is 0.0719 e. The number of hydrogen-bond donors (Lipinski definition) is 1. The Morgan fingerprint density at radius 1 is 1.17 bits per heavy atom. The second kappa shape index (κ2) is 7.42. The summed E-state index contributed by atoms with van der Waals surface area (Å²) in [5.74, 6) is 0.804. The van der Waals surface area contributed by atoms with Crippen molar-refractivity contribution in [1.29, 1.82) is 0 Å². The number of nitrogens with one attached hydrogen (secondary N) is 1. The van der Waals surface area contributed by atoms with Crippen molar-refractivity contribution in [3.05, 3.63) is 30.3 Å². The quantitative estimate of drug-likeness (QED) is 0.817. The Morgan fingerprint density at radius 2 is 1.89 bits per heavy atom. The molecule has 1 unspecified atom stereocenters. The van der Waals surface area contributed by atoms with Gasteiger partial charge < -0.3 is 10.1 Å². The molecule has 2 heteroatoms. The SMILES string of the molecule is CC(CNc1ccccc1)OCC1CCCCC1. The van der Waals surface area contributed by atoms with Gasteiger partial charge in [0.1, 0.15) is 0 Å². The first-order valence-corrected chi connectivity index (χ1v) is 7.25. The highest BCUT2D eigenvalue weighted by atomic mass is 16.5. The first kappa shape index (κ1) is 13.4. The first-order chi connectivity index (χ1) is 8.84. The van der Waals surface area contributed by atoms with Crippen LogP contribution >= 0.6 is 0 Å². The summed E-state index contributed by atoms with van der Waals surface area (Å²) >= 11 is 0. The lowest BCUT2D eigenvalue weighted by Gasteiger charge is -2.23. The molecular weight excluding hydrogens is 222 g/mol. The molecular formula is C16H25NO. The normalized spacial score (nSPS) is 18.5. The molecule has 100 valence electrons. The maximum Gasteiger partial charge on any atom is 0.0719 e. The number of rotatable bonds is 6. The summed E-state index contributed by atoms with van der Waals surface area (Å²) in [4.78, 5) is 0. The van der Waals surface area contributed by atoms with Crippen molar-refractivity contribution in [2.75, 3.05) is 18.5 Å². The third kappa shape index (κ3) is 4.69. The first-order valence-electron chi connectivity index (χ1n) is 7.25. The van der Waals surface area contributed by atoms with E-state index < -0.39 is 0 Å². The Hall–Kier alpha value is -1.02. The van der Waals surface area contributed by atoms with Crippen LogP contribution in [0.25, 0.3) is 0 Å². The molecule has 2 rings (SSSR count). The van der Waals surface area contributed by atoms with Crippen molar-refractivity contribution in [3.8, 4) is 0 Å². The van der Waals surface area contributed by atoms with Gasteiger partial charge in [0.15, 0.2) is 0 Å². The number of para-hydroxylation sites is 1. The zero-order chi connectivity index (χ0) is 12.6. The van der Waals surface area contributed by atoms with Gasteiger partial charge in [-0.1, -0.05) is 37.5 Å². The molecule has 0 bridgehead atoms. The number of ether oxygens (including phenoxy) is 1. The molecule has 0 saturated heterocycles.